The van der Waals surface area contributed by atoms with Crippen LogP contribution in [0.2, 0.25) is 0 Å². The molecule has 0 atom stereocenters. The maximum absolute atomic E-state index is 5.63. The summed E-state index contributed by atoms with van der Waals surface area (Å²) in [5.74, 6) is 0.841. The highest BCUT2D eigenvalue weighted by Crippen LogP contribution is 2.11. The maximum atomic E-state index is 5.63. The Morgan fingerprint density at radius 3 is 3.00 bits per heavy atom. The van der Waals surface area contributed by atoms with E-state index in [9.17, 15) is 0 Å². The summed E-state index contributed by atoms with van der Waals surface area (Å²) in [6, 6.07) is 2.55. The highest BCUT2D eigenvalue weighted by molar-refractivity contribution is 7.07. The first-order chi connectivity index (χ1) is 9.25. The molecule has 0 amide bonds. The van der Waals surface area contributed by atoms with Crippen LogP contribution in [0.3, 0.4) is 0 Å². The second-order valence-electron chi connectivity index (χ2n) is 4.73. The Morgan fingerprint density at radius 1 is 1.42 bits per heavy atom. The van der Waals surface area contributed by atoms with Gasteiger partial charge in [-0.05, 0) is 49.2 Å². The van der Waals surface area contributed by atoms with Crippen molar-refractivity contribution >= 4 is 11.3 Å². The number of rotatable bonds is 8. The fourth-order valence-electron chi connectivity index (χ4n) is 1.71. The topological polar surface area (TPSA) is 39.1 Å². The van der Waals surface area contributed by atoms with Crippen LogP contribution in [0.4, 0.5) is 0 Å². The summed E-state index contributed by atoms with van der Waals surface area (Å²) >= 11 is 1.75. The molecule has 0 unspecified atom stereocenters. The number of nitrogens with zero attached hydrogens (tertiary/aromatic N) is 2. The lowest BCUT2D eigenvalue weighted by Crippen LogP contribution is -2.23. The van der Waals surface area contributed by atoms with E-state index in [4.69, 9.17) is 4.74 Å². The average Bonchev–Trinajstić information content (AvgIpc) is 3.04. The molecule has 0 aliphatic rings. The monoisotopic (exact) mass is 279 g/mol. The minimum absolute atomic E-state index is 0.376. The fourth-order valence-corrected chi connectivity index (χ4v) is 2.41. The van der Waals surface area contributed by atoms with Crippen LogP contribution in [0.5, 0.6) is 5.75 Å². The Kier molecular flexibility index (Phi) is 5.42. The number of aromatic nitrogens is 2. The molecule has 0 spiro atoms. The van der Waals surface area contributed by atoms with Gasteiger partial charge >= 0.3 is 0 Å². The summed E-state index contributed by atoms with van der Waals surface area (Å²) in [6.07, 6.45) is 4.79. The molecular formula is C14H21N3OS. The Hall–Kier alpha value is -1.33. The van der Waals surface area contributed by atoms with Crippen molar-refractivity contribution in [2.75, 3.05) is 19.7 Å². The lowest BCUT2D eigenvalue weighted by Gasteiger charge is -2.06. The Labute approximate surface area is 118 Å². The van der Waals surface area contributed by atoms with Gasteiger partial charge in [-0.3, -0.25) is 4.68 Å². The first-order valence-electron chi connectivity index (χ1n) is 6.64. The van der Waals surface area contributed by atoms with E-state index in [1.807, 2.05) is 10.9 Å². The van der Waals surface area contributed by atoms with E-state index in [0.29, 0.717) is 12.6 Å². The normalized spacial score (nSPS) is 11.1. The Balaban J connectivity index is 1.56. The van der Waals surface area contributed by atoms with Crippen LogP contribution >= 0.6 is 11.3 Å². The van der Waals surface area contributed by atoms with E-state index < -0.39 is 0 Å². The van der Waals surface area contributed by atoms with Crippen molar-refractivity contribution in [1.29, 1.82) is 0 Å². The first-order valence-corrected chi connectivity index (χ1v) is 7.59. The summed E-state index contributed by atoms with van der Waals surface area (Å²) < 4.78 is 7.53. The van der Waals surface area contributed by atoms with Crippen LogP contribution in [-0.4, -0.2) is 29.5 Å². The average molecular weight is 279 g/mol. The highest BCUT2D eigenvalue weighted by atomic mass is 32.1. The molecule has 0 radical (unpaired) electrons. The van der Waals surface area contributed by atoms with Gasteiger partial charge in [0.15, 0.2) is 5.75 Å². The van der Waals surface area contributed by atoms with Gasteiger partial charge in [-0.15, -0.1) is 0 Å². The summed E-state index contributed by atoms with van der Waals surface area (Å²) in [6.45, 7) is 6.72. The first kappa shape index (κ1) is 14.1. The van der Waals surface area contributed by atoms with E-state index >= 15 is 0 Å². The fraction of sp³-hybridized carbons (Fsp3) is 0.500. The second-order valence-corrected chi connectivity index (χ2v) is 5.51. The molecule has 0 fully saturated rings. The molecule has 0 bridgehead atoms. The summed E-state index contributed by atoms with van der Waals surface area (Å²) in [5, 5.41) is 11.9. The van der Waals surface area contributed by atoms with Crippen molar-refractivity contribution in [3.05, 3.63) is 34.8 Å². The van der Waals surface area contributed by atoms with Crippen LogP contribution in [0, 0.1) is 0 Å². The van der Waals surface area contributed by atoms with Gasteiger partial charge in [0.25, 0.3) is 0 Å². The summed E-state index contributed by atoms with van der Waals surface area (Å²) in [7, 11) is 0. The van der Waals surface area contributed by atoms with Gasteiger partial charge in [-0.25, -0.2) is 0 Å². The predicted molar refractivity (Wildman–Crippen MR) is 79.0 cm³/mol. The van der Waals surface area contributed by atoms with E-state index in [1.54, 1.807) is 17.5 Å². The zero-order chi connectivity index (χ0) is 13.5. The van der Waals surface area contributed by atoms with Crippen molar-refractivity contribution in [3.8, 4) is 5.75 Å². The Bertz CT molecular complexity index is 465. The second kappa shape index (κ2) is 7.31. The minimum Gasteiger partial charge on any atom is -0.489 e. The molecule has 0 aliphatic carbocycles. The van der Waals surface area contributed by atoms with Crippen molar-refractivity contribution in [2.24, 2.45) is 0 Å². The third-order valence-electron chi connectivity index (χ3n) is 2.83. The molecular weight excluding hydrogens is 258 g/mol. The minimum atomic E-state index is 0.376. The summed E-state index contributed by atoms with van der Waals surface area (Å²) in [5.41, 5.74) is 1.40. The molecule has 0 aromatic carbocycles. The molecule has 5 heteroatoms. The molecule has 2 aromatic rings. The maximum Gasteiger partial charge on any atom is 0.157 e. The molecule has 0 saturated carbocycles. The molecule has 2 aromatic heterocycles. The zero-order valence-electron chi connectivity index (χ0n) is 11.5. The van der Waals surface area contributed by atoms with Crippen LogP contribution in [0.25, 0.3) is 0 Å². The third kappa shape index (κ3) is 4.69. The van der Waals surface area contributed by atoms with Crippen molar-refractivity contribution < 1.29 is 4.74 Å². The number of hydrogen-bond donors (Lipinski definition) is 1. The van der Waals surface area contributed by atoms with Crippen molar-refractivity contribution in [1.82, 2.24) is 15.1 Å². The lowest BCUT2D eigenvalue weighted by molar-refractivity contribution is 0.313. The van der Waals surface area contributed by atoms with Crippen molar-refractivity contribution in [2.45, 2.75) is 26.3 Å². The van der Waals surface area contributed by atoms with Gasteiger partial charge in [0.05, 0.1) is 12.4 Å². The third-order valence-corrected chi connectivity index (χ3v) is 3.56. The molecule has 1 N–H and O–H groups in total. The Morgan fingerprint density at radius 2 is 2.32 bits per heavy atom. The van der Waals surface area contributed by atoms with E-state index in [2.05, 4.69) is 41.1 Å². The largest absolute Gasteiger partial charge is 0.489 e. The van der Waals surface area contributed by atoms with Crippen LogP contribution in [0.1, 0.15) is 25.5 Å². The van der Waals surface area contributed by atoms with Gasteiger partial charge in [0.1, 0.15) is 6.61 Å². The number of hydrogen-bond acceptors (Lipinski definition) is 4. The van der Waals surface area contributed by atoms with Gasteiger partial charge in [-0.1, -0.05) is 0 Å². The zero-order valence-corrected chi connectivity index (χ0v) is 12.3. The van der Waals surface area contributed by atoms with Crippen molar-refractivity contribution in [3.63, 3.8) is 0 Å². The quantitative estimate of drug-likeness (QED) is 0.755. The van der Waals surface area contributed by atoms with Crippen LogP contribution in [0.15, 0.2) is 29.2 Å². The van der Waals surface area contributed by atoms with Gasteiger partial charge in [-0.2, -0.15) is 16.4 Å². The SMILES string of the molecule is CC(C)n1cc(OCCNCCc2ccsc2)cn1. The van der Waals surface area contributed by atoms with E-state index in [-0.39, 0.29) is 0 Å². The van der Waals surface area contributed by atoms with Gasteiger partial charge in [0, 0.05) is 12.6 Å². The molecule has 0 aliphatic heterocycles. The molecule has 19 heavy (non-hydrogen) atoms. The van der Waals surface area contributed by atoms with E-state index in [0.717, 1.165) is 25.3 Å². The van der Waals surface area contributed by atoms with E-state index in [1.165, 1.54) is 5.56 Å². The van der Waals surface area contributed by atoms with Gasteiger partial charge in [0.2, 0.25) is 0 Å². The molecule has 2 heterocycles. The van der Waals surface area contributed by atoms with Crippen LogP contribution < -0.4 is 10.1 Å². The molecule has 2 rings (SSSR count). The van der Waals surface area contributed by atoms with Crippen LogP contribution in [-0.2, 0) is 6.42 Å². The number of nitrogens with one attached hydrogen (secondary N) is 1. The summed E-state index contributed by atoms with van der Waals surface area (Å²) in [4.78, 5) is 0. The standard InChI is InChI=1S/C14H21N3OS/c1-12(2)17-10-14(9-16-17)18-7-6-15-5-3-13-4-8-19-11-13/h4,8-12,15H,3,5-7H2,1-2H3. The molecule has 104 valence electrons. The smallest absolute Gasteiger partial charge is 0.157 e. The highest BCUT2D eigenvalue weighted by Gasteiger charge is 2.01. The van der Waals surface area contributed by atoms with Gasteiger partial charge < -0.3 is 10.1 Å². The predicted octanol–water partition coefficient (Wildman–Crippen LogP) is 2.74. The number of thiophene rings is 1. The lowest BCUT2D eigenvalue weighted by atomic mass is 10.2. The molecule has 4 nitrogen and oxygen atoms in total. The number of ether oxygens (including phenoxy) is 1. The molecule has 0 saturated heterocycles.